The fraction of sp³-hybridized carbons (Fsp3) is 0.0909. The van der Waals surface area contributed by atoms with Crippen LogP contribution in [0.1, 0.15) is 15.9 Å². The predicted octanol–water partition coefficient (Wildman–Crippen LogP) is 5.40. The van der Waals surface area contributed by atoms with E-state index in [-0.39, 0.29) is 16.5 Å². The minimum Gasteiger partial charge on any atom is -0.478 e. The lowest BCUT2D eigenvalue weighted by molar-refractivity contribution is -0.193. The second-order valence-corrected chi connectivity index (χ2v) is 7.22. The van der Waals surface area contributed by atoms with Gasteiger partial charge in [0.05, 0.1) is 23.4 Å². The van der Waals surface area contributed by atoms with Gasteiger partial charge in [0.2, 0.25) is 5.82 Å². The molecule has 1 aliphatic rings. The van der Waals surface area contributed by atoms with E-state index in [1.165, 1.54) is 18.2 Å². The Morgan fingerprint density at radius 3 is 2.09 bits per heavy atom. The van der Waals surface area contributed by atoms with Crippen LogP contribution in [0, 0.1) is 34.9 Å². The van der Waals surface area contributed by atoms with Crippen molar-refractivity contribution in [3.63, 3.8) is 0 Å². The number of anilines is 1. The molecule has 0 saturated heterocycles. The number of hydrogen-bond acceptors (Lipinski definition) is 3. The predicted molar refractivity (Wildman–Crippen MR) is 102 cm³/mol. The molecule has 1 heterocycles. The third-order valence-corrected chi connectivity index (χ3v) is 5.13. The number of carbonyl (C=O) groups is 2. The highest BCUT2D eigenvalue weighted by Gasteiger charge is 2.51. The zero-order valence-electron chi connectivity index (χ0n) is 16.8. The number of benzene rings is 3. The van der Waals surface area contributed by atoms with Crippen molar-refractivity contribution in [3.05, 3.63) is 82.4 Å². The van der Waals surface area contributed by atoms with Gasteiger partial charge in [-0.2, -0.15) is 8.78 Å². The van der Waals surface area contributed by atoms with E-state index in [4.69, 9.17) is 0 Å². The number of ether oxygens (including phenoxy) is 1. The number of rotatable bonds is 4. The summed E-state index contributed by atoms with van der Waals surface area (Å²) < 4.78 is 117. The van der Waals surface area contributed by atoms with Crippen molar-refractivity contribution in [2.45, 2.75) is 12.7 Å². The molecule has 0 fully saturated rings. The summed E-state index contributed by atoms with van der Waals surface area (Å²) in [4.78, 5) is 24.1. The van der Waals surface area contributed by atoms with Crippen molar-refractivity contribution in [1.29, 1.82) is 0 Å². The average molecular weight is 503 g/mol. The first-order chi connectivity index (χ1) is 16.3. The molecule has 5 nitrogen and oxygen atoms in total. The van der Waals surface area contributed by atoms with Gasteiger partial charge in [-0.1, -0.05) is 18.2 Å². The fourth-order valence-electron chi connectivity index (χ4n) is 3.51. The summed E-state index contributed by atoms with van der Waals surface area (Å²) in [6, 6.07) is 5.49. The van der Waals surface area contributed by atoms with Gasteiger partial charge >= 0.3 is 18.0 Å². The van der Waals surface area contributed by atoms with Crippen LogP contribution >= 0.6 is 0 Å². The van der Waals surface area contributed by atoms with Crippen LogP contribution in [-0.4, -0.2) is 23.1 Å². The molecule has 3 aromatic carbocycles. The van der Waals surface area contributed by atoms with Gasteiger partial charge in [-0.15, -0.1) is 0 Å². The number of hydrogen-bond donors (Lipinski definition) is 1. The maximum absolute atomic E-state index is 14.7. The Labute approximate surface area is 189 Å². The normalized spacial score (nSPS) is 14.5. The number of fused-ring (bicyclic) bond motifs is 1. The molecular formula is C22H9F8NO4. The van der Waals surface area contributed by atoms with Gasteiger partial charge in [0.25, 0.3) is 0 Å². The zero-order chi connectivity index (χ0) is 25.8. The lowest BCUT2D eigenvalue weighted by Gasteiger charge is -2.34. The average Bonchev–Trinajstić information content (AvgIpc) is 2.80. The van der Waals surface area contributed by atoms with E-state index < -0.39 is 87.6 Å². The molecular weight excluding hydrogens is 494 g/mol. The number of carbonyl (C=O) groups excluding carboxylic acids is 1. The standard InChI is InChI=1S/C22H9F8NO4/c23-11-6-13-12(5-10(11)14-15(24)17(26)19(28)18(27)16(14)25)31(21(34)22(29,30)35-13)7-8-3-1-2-4-9(8)20(32)33/h1-6H,7H2,(H,32,33). The maximum atomic E-state index is 14.7. The summed E-state index contributed by atoms with van der Waals surface area (Å²) >= 11 is 0. The van der Waals surface area contributed by atoms with Gasteiger partial charge in [0, 0.05) is 11.6 Å². The van der Waals surface area contributed by atoms with Crippen molar-refractivity contribution >= 4 is 17.6 Å². The van der Waals surface area contributed by atoms with Crippen molar-refractivity contribution in [2.75, 3.05) is 4.90 Å². The molecule has 13 heteroatoms. The summed E-state index contributed by atoms with van der Waals surface area (Å²) in [5, 5.41) is 9.31. The Morgan fingerprint density at radius 2 is 1.49 bits per heavy atom. The SMILES string of the molecule is O=C(O)c1ccccc1CN1C(=O)C(F)(F)Oc2cc(F)c(-c3c(F)c(F)c(F)c(F)c3F)cc21. The Balaban J connectivity index is 1.95. The third-order valence-electron chi connectivity index (χ3n) is 5.13. The van der Waals surface area contributed by atoms with E-state index in [0.29, 0.717) is 6.07 Å². The minimum atomic E-state index is -4.55. The summed E-state index contributed by atoms with van der Waals surface area (Å²) in [6.45, 7) is -0.852. The Morgan fingerprint density at radius 1 is 0.914 bits per heavy atom. The van der Waals surface area contributed by atoms with E-state index in [2.05, 4.69) is 4.74 Å². The summed E-state index contributed by atoms with van der Waals surface area (Å²) in [6.07, 6.45) is -4.55. The lowest BCUT2D eigenvalue weighted by atomic mass is 10.00. The molecule has 35 heavy (non-hydrogen) atoms. The van der Waals surface area contributed by atoms with Crippen LogP contribution in [-0.2, 0) is 11.3 Å². The van der Waals surface area contributed by atoms with Gasteiger partial charge in [0.15, 0.2) is 29.0 Å². The second-order valence-electron chi connectivity index (χ2n) is 7.22. The number of carboxylic acids is 1. The van der Waals surface area contributed by atoms with Crippen LogP contribution in [0.25, 0.3) is 11.1 Å². The molecule has 0 aromatic heterocycles. The van der Waals surface area contributed by atoms with Crippen molar-refractivity contribution in [2.24, 2.45) is 0 Å². The monoisotopic (exact) mass is 503 g/mol. The van der Waals surface area contributed by atoms with E-state index in [1.807, 2.05) is 0 Å². The van der Waals surface area contributed by atoms with E-state index in [9.17, 15) is 49.8 Å². The first-order valence-corrected chi connectivity index (χ1v) is 9.40. The van der Waals surface area contributed by atoms with Gasteiger partial charge in [-0.05, 0) is 17.7 Å². The fourth-order valence-corrected chi connectivity index (χ4v) is 3.51. The molecule has 0 saturated carbocycles. The molecule has 4 rings (SSSR count). The lowest BCUT2D eigenvalue weighted by Crippen LogP contribution is -2.50. The molecule has 0 bridgehead atoms. The van der Waals surface area contributed by atoms with Gasteiger partial charge in [-0.25, -0.2) is 31.1 Å². The molecule has 0 spiro atoms. The smallest absolute Gasteiger partial charge is 0.478 e. The second kappa shape index (κ2) is 8.25. The first-order valence-electron chi connectivity index (χ1n) is 9.40. The largest absolute Gasteiger partial charge is 0.482 e. The van der Waals surface area contributed by atoms with E-state index in [0.717, 1.165) is 6.07 Å². The maximum Gasteiger partial charge on any atom is 0.482 e. The number of nitrogens with zero attached hydrogens (tertiary/aromatic N) is 1. The van der Waals surface area contributed by atoms with Crippen molar-refractivity contribution in [1.82, 2.24) is 0 Å². The Hall–Kier alpha value is -4.16. The van der Waals surface area contributed by atoms with Gasteiger partial charge < -0.3 is 9.84 Å². The van der Waals surface area contributed by atoms with Crippen LogP contribution in [0.3, 0.4) is 0 Å². The Kier molecular flexibility index (Phi) is 5.65. The van der Waals surface area contributed by atoms with Crippen molar-refractivity contribution in [3.8, 4) is 16.9 Å². The Bertz CT molecular complexity index is 1380. The molecule has 1 N–H and O–H groups in total. The minimum absolute atomic E-state index is 0.167. The zero-order valence-corrected chi connectivity index (χ0v) is 16.8. The topological polar surface area (TPSA) is 66.8 Å². The molecule has 0 radical (unpaired) electrons. The number of alkyl halides is 2. The van der Waals surface area contributed by atoms with Gasteiger partial charge in [-0.3, -0.25) is 9.69 Å². The number of halogens is 8. The van der Waals surface area contributed by atoms with Crippen LogP contribution in [0.5, 0.6) is 5.75 Å². The first kappa shape index (κ1) is 24.0. The van der Waals surface area contributed by atoms with Crippen LogP contribution in [0.2, 0.25) is 0 Å². The highest BCUT2D eigenvalue weighted by molar-refractivity contribution is 6.02. The van der Waals surface area contributed by atoms with Gasteiger partial charge in [0.1, 0.15) is 5.82 Å². The molecule has 0 aliphatic carbocycles. The molecule has 1 amide bonds. The molecule has 182 valence electrons. The van der Waals surface area contributed by atoms with E-state index in [1.54, 1.807) is 0 Å². The van der Waals surface area contributed by atoms with Crippen LogP contribution in [0.15, 0.2) is 36.4 Å². The summed E-state index contributed by atoms with van der Waals surface area (Å²) in [5.41, 5.74) is -4.26. The molecule has 1 aliphatic heterocycles. The molecule has 0 atom stereocenters. The van der Waals surface area contributed by atoms with E-state index >= 15 is 0 Å². The number of aromatic carboxylic acids is 1. The summed E-state index contributed by atoms with van der Waals surface area (Å²) in [7, 11) is 0. The number of carboxylic acid groups (broad SMARTS) is 1. The highest BCUT2D eigenvalue weighted by Crippen LogP contribution is 2.45. The quantitative estimate of drug-likeness (QED) is 0.294. The molecule has 3 aromatic rings. The van der Waals surface area contributed by atoms with Crippen LogP contribution < -0.4 is 9.64 Å². The number of amides is 1. The van der Waals surface area contributed by atoms with Crippen LogP contribution in [0.4, 0.5) is 40.8 Å². The third kappa shape index (κ3) is 3.82. The summed E-state index contributed by atoms with van der Waals surface area (Å²) in [5.74, 6) is -18.3. The van der Waals surface area contributed by atoms with Crippen molar-refractivity contribution < 1.29 is 54.6 Å². The molecule has 0 unspecified atom stereocenters. The highest BCUT2D eigenvalue weighted by atomic mass is 19.3.